The first-order valence-corrected chi connectivity index (χ1v) is 9.46. The molecule has 1 aliphatic rings. The highest BCUT2D eigenvalue weighted by Gasteiger charge is 2.24. The van der Waals surface area contributed by atoms with E-state index in [4.69, 9.17) is 0 Å². The summed E-state index contributed by atoms with van der Waals surface area (Å²) in [5.74, 6) is -0.350. The summed E-state index contributed by atoms with van der Waals surface area (Å²) in [6.45, 7) is 2.09. The van der Waals surface area contributed by atoms with E-state index in [1.54, 1.807) is 12.1 Å². The van der Waals surface area contributed by atoms with Crippen LogP contribution in [0.4, 0.5) is 5.69 Å². The zero-order valence-corrected chi connectivity index (χ0v) is 16.3. The minimum atomic E-state index is -0.267. The van der Waals surface area contributed by atoms with Crippen LogP contribution in [0.25, 0.3) is 6.08 Å². The van der Waals surface area contributed by atoms with Gasteiger partial charge in [-0.05, 0) is 70.6 Å². The average molecular weight is 466 g/mol. The Hall–Kier alpha value is -2.00. The van der Waals surface area contributed by atoms with Crippen LogP contribution in [0.5, 0.6) is 11.5 Å². The van der Waals surface area contributed by atoms with Crippen molar-refractivity contribution < 1.29 is 15.0 Å². The van der Waals surface area contributed by atoms with Crippen LogP contribution in [0.1, 0.15) is 18.1 Å². The van der Waals surface area contributed by atoms with Gasteiger partial charge >= 0.3 is 0 Å². The number of carbonyl (C=O) groups excluding carboxylic acids is 1. The van der Waals surface area contributed by atoms with Crippen LogP contribution in [0.15, 0.2) is 46.3 Å². The van der Waals surface area contributed by atoms with Crippen LogP contribution >= 0.6 is 34.4 Å². The molecule has 5 nitrogen and oxygen atoms in total. The summed E-state index contributed by atoms with van der Waals surface area (Å²) >= 11 is 3.17. The fraction of sp³-hybridized carbons (Fsp3) is 0.111. The first-order valence-electron chi connectivity index (χ1n) is 7.56. The maximum atomic E-state index is 12.1. The number of thioether (sulfide) groups is 1. The summed E-state index contributed by atoms with van der Waals surface area (Å²) in [5.41, 5.74) is 2.46. The van der Waals surface area contributed by atoms with E-state index < -0.39 is 0 Å². The highest BCUT2D eigenvalue weighted by molar-refractivity contribution is 14.1. The predicted molar refractivity (Wildman–Crippen MR) is 109 cm³/mol. The molecule has 3 N–H and O–H groups in total. The molecule has 3 rings (SSSR count). The predicted octanol–water partition coefficient (Wildman–Crippen LogP) is 4.16. The van der Waals surface area contributed by atoms with Gasteiger partial charge in [0.15, 0.2) is 5.17 Å². The molecule has 7 heteroatoms. The molecule has 0 unspecified atom stereocenters. The summed E-state index contributed by atoms with van der Waals surface area (Å²) in [4.78, 5) is 17.0. The van der Waals surface area contributed by atoms with E-state index in [-0.39, 0.29) is 17.4 Å². The molecule has 2 aromatic rings. The van der Waals surface area contributed by atoms with Gasteiger partial charge in [0.2, 0.25) is 0 Å². The number of aryl methyl sites for hydroxylation is 1. The number of amidine groups is 1. The number of nitrogens with one attached hydrogen (secondary N) is 1. The molecule has 2 aromatic carbocycles. The van der Waals surface area contributed by atoms with Gasteiger partial charge in [0.1, 0.15) is 11.5 Å². The van der Waals surface area contributed by atoms with Crippen molar-refractivity contribution in [1.29, 1.82) is 0 Å². The Morgan fingerprint density at radius 1 is 1.20 bits per heavy atom. The fourth-order valence-corrected chi connectivity index (χ4v) is 3.55. The van der Waals surface area contributed by atoms with Gasteiger partial charge in [-0.25, -0.2) is 4.99 Å². The highest BCUT2D eigenvalue weighted by Crippen LogP contribution is 2.33. The largest absolute Gasteiger partial charge is 0.507 e. The minimum absolute atomic E-state index is 0.00144. The molecule has 0 atom stereocenters. The zero-order valence-electron chi connectivity index (χ0n) is 13.3. The second-order valence-corrected chi connectivity index (χ2v) is 7.56. The third-order valence-corrected chi connectivity index (χ3v) is 5.38. The number of benzene rings is 2. The quantitative estimate of drug-likeness (QED) is 0.469. The summed E-state index contributed by atoms with van der Waals surface area (Å²) in [7, 11) is 0. The second-order valence-electron chi connectivity index (χ2n) is 5.36. The first-order chi connectivity index (χ1) is 12.0. The minimum Gasteiger partial charge on any atom is -0.507 e. The van der Waals surface area contributed by atoms with Crippen molar-refractivity contribution in [3.05, 3.63) is 56.0 Å². The highest BCUT2D eigenvalue weighted by atomic mass is 127. The number of nitrogens with zero attached hydrogens (tertiary/aromatic N) is 1. The maximum absolute atomic E-state index is 12.1. The van der Waals surface area contributed by atoms with Gasteiger partial charge in [0, 0.05) is 11.6 Å². The molecule has 1 saturated heterocycles. The number of halogens is 1. The number of rotatable bonds is 3. The van der Waals surface area contributed by atoms with Crippen molar-refractivity contribution in [2.24, 2.45) is 4.99 Å². The Morgan fingerprint density at radius 3 is 2.60 bits per heavy atom. The maximum Gasteiger partial charge on any atom is 0.264 e. The van der Waals surface area contributed by atoms with Crippen molar-refractivity contribution in [2.45, 2.75) is 13.3 Å². The number of hydrogen-bond acceptors (Lipinski definition) is 5. The molecule has 1 aliphatic heterocycles. The summed E-state index contributed by atoms with van der Waals surface area (Å²) in [6.07, 6.45) is 2.55. The third kappa shape index (κ3) is 4.16. The lowest BCUT2D eigenvalue weighted by atomic mass is 10.1. The van der Waals surface area contributed by atoms with Crippen LogP contribution in [0.2, 0.25) is 0 Å². The van der Waals surface area contributed by atoms with Gasteiger partial charge < -0.3 is 15.5 Å². The Morgan fingerprint density at radius 2 is 1.92 bits per heavy atom. The lowest BCUT2D eigenvalue weighted by Crippen LogP contribution is -2.19. The number of aliphatic imine (C=N–C) groups is 1. The van der Waals surface area contributed by atoms with Gasteiger partial charge in [0.05, 0.1) is 14.2 Å². The SMILES string of the molecule is CCc1ccc(N=C2NC(=O)/C(=C/c3cc(I)c(O)cc3O)S2)cc1. The molecule has 128 valence electrons. The molecule has 0 bridgehead atoms. The number of carbonyl (C=O) groups is 1. The average Bonchev–Trinajstić information content (AvgIpc) is 2.92. The van der Waals surface area contributed by atoms with Crippen LogP contribution in [0.3, 0.4) is 0 Å². The lowest BCUT2D eigenvalue weighted by molar-refractivity contribution is -0.115. The fourth-order valence-electron chi connectivity index (χ4n) is 2.23. The molecule has 1 amide bonds. The van der Waals surface area contributed by atoms with E-state index in [1.807, 2.05) is 46.9 Å². The van der Waals surface area contributed by atoms with Crippen molar-refractivity contribution in [2.75, 3.05) is 0 Å². The molecule has 0 aliphatic carbocycles. The van der Waals surface area contributed by atoms with Crippen molar-refractivity contribution in [3.8, 4) is 11.5 Å². The van der Waals surface area contributed by atoms with Crippen LogP contribution in [-0.4, -0.2) is 21.3 Å². The van der Waals surface area contributed by atoms with Crippen molar-refractivity contribution in [1.82, 2.24) is 5.32 Å². The van der Waals surface area contributed by atoms with Crippen molar-refractivity contribution in [3.63, 3.8) is 0 Å². The van der Waals surface area contributed by atoms with Crippen LogP contribution < -0.4 is 5.32 Å². The second kappa shape index (κ2) is 7.49. The van der Waals surface area contributed by atoms with Gasteiger partial charge in [-0.2, -0.15) is 0 Å². The third-order valence-electron chi connectivity index (χ3n) is 3.61. The topological polar surface area (TPSA) is 81.9 Å². The van der Waals surface area contributed by atoms with Gasteiger partial charge in [-0.15, -0.1) is 0 Å². The first kappa shape index (κ1) is 17.8. The van der Waals surface area contributed by atoms with E-state index in [9.17, 15) is 15.0 Å². The monoisotopic (exact) mass is 466 g/mol. The molecular formula is C18H15IN2O3S. The lowest BCUT2D eigenvalue weighted by Gasteiger charge is -2.03. The van der Waals surface area contributed by atoms with E-state index in [0.29, 0.717) is 19.2 Å². The summed E-state index contributed by atoms with van der Waals surface area (Å²) < 4.78 is 0.593. The number of aromatic hydroxyl groups is 2. The number of phenols is 2. The Balaban J connectivity index is 1.84. The molecule has 0 radical (unpaired) electrons. The zero-order chi connectivity index (χ0) is 18.0. The Labute approximate surface area is 163 Å². The summed E-state index contributed by atoms with van der Waals surface area (Å²) in [5, 5.41) is 22.7. The van der Waals surface area contributed by atoms with E-state index in [1.165, 1.54) is 23.4 Å². The molecule has 0 aromatic heterocycles. The van der Waals surface area contributed by atoms with Gasteiger partial charge in [0.25, 0.3) is 5.91 Å². The van der Waals surface area contributed by atoms with E-state index in [0.717, 1.165) is 12.1 Å². The molecule has 25 heavy (non-hydrogen) atoms. The molecular weight excluding hydrogens is 451 g/mol. The number of hydrogen-bond donors (Lipinski definition) is 3. The van der Waals surface area contributed by atoms with E-state index >= 15 is 0 Å². The van der Waals surface area contributed by atoms with Crippen LogP contribution in [0, 0.1) is 3.57 Å². The molecule has 1 heterocycles. The smallest absolute Gasteiger partial charge is 0.264 e. The molecule has 0 spiro atoms. The van der Waals surface area contributed by atoms with E-state index in [2.05, 4.69) is 17.2 Å². The van der Waals surface area contributed by atoms with Crippen molar-refractivity contribution >= 4 is 57.2 Å². The van der Waals surface area contributed by atoms with Gasteiger partial charge in [-0.1, -0.05) is 19.1 Å². The Bertz CT molecular complexity index is 892. The Kier molecular flexibility index (Phi) is 5.33. The standard InChI is InChI=1S/C18H15IN2O3S/c1-2-10-3-5-12(6-4-10)20-18-21-17(24)16(25-18)8-11-7-13(19)15(23)9-14(11)22/h3-9,22-23H,2H2,1H3,(H,20,21,24)/b16-8-. The summed E-state index contributed by atoms with van der Waals surface area (Å²) in [6, 6.07) is 10.7. The molecule has 1 fully saturated rings. The number of amides is 1. The number of phenolic OH excluding ortho intramolecular Hbond substituents is 2. The van der Waals surface area contributed by atoms with Gasteiger partial charge in [-0.3, -0.25) is 4.79 Å². The normalized spacial score (nSPS) is 17.3. The van der Waals surface area contributed by atoms with Crippen LogP contribution in [-0.2, 0) is 11.2 Å². The molecule has 0 saturated carbocycles.